The Bertz CT molecular complexity index is 866. The van der Waals surface area contributed by atoms with Gasteiger partial charge in [0.25, 0.3) is 5.56 Å². The third kappa shape index (κ3) is 3.11. The molecule has 126 valence electrons. The zero-order valence-corrected chi connectivity index (χ0v) is 12.6. The van der Waals surface area contributed by atoms with Crippen LogP contribution >= 0.6 is 0 Å². The number of hydrogen-bond acceptors (Lipinski definition) is 5. The van der Waals surface area contributed by atoms with Crippen molar-refractivity contribution in [1.82, 2.24) is 14.5 Å². The lowest BCUT2D eigenvalue weighted by Crippen LogP contribution is -2.51. The summed E-state index contributed by atoms with van der Waals surface area (Å²) in [5, 5.41) is 0.0993. The van der Waals surface area contributed by atoms with Crippen LogP contribution < -0.4 is 11.3 Å². The SMILES string of the molecule is NC(=O)C1CN(C(=O)Cn2cnc3ccc(F)cc3c2=O)CCO1. The van der Waals surface area contributed by atoms with Gasteiger partial charge in [0.05, 0.1) is 30.4 Å². The Kier molecular flexibility index (Phi) is 4.26. The number of ether oxygens (including phenoxy) is 1. The Morgan fingerprint density at radius 3 is 2.96 bits per heavy atom. The lowest BCUT2D eigenvalue weighted by atomic mass is 10.2. The average Bonchev–Trinajstić information content (AvgIpc) is 2.58. The second kappa shape index (κ2) is 6.36. The first-order chi connectivity index (χ1) is 11.5. The van der Waals surface area contributed by atoms with E-state index in [0.717, 1.165) is 10.6 Å². The van der Waals surface area contributed by atoms with Crippen LogP contribution in [0.1, 0.15) is 0 Å². The van der Waals surface area contributed by atoms with Gasteiger partial charge in [-0.05, 0) is 18.2 Å². The molecule has 1 fully saturated rings. The highest BCUT2D eigenvalue weighted by atomic mass is 19.1. The molecule has 0 spiro atoms. The van der Waals surface area contributed by atoms with Crippen molar-refractivity contribution in [2.45, 2.75) is 12.6 Å². The van der Waals surface area contributed by atoms with E-state index in [0.29, 0.717) is 12.1 Å². The highest BCUT2D eigenvalue weighted by Crippen LogP contribution is 2.09. The van der Waals surface area contributed by atoms with E-state index >= 15 is 0 Å². The van der Waals surface area contributed by atoms with E-state index in [9.17, 15) is 18.8 Å². The molecule has 3 rings (SSSR count). The molecule has 2 N–H and O–H groups in total. The van der Waals surface area contributed by atoms with Gasteiger partial charge in [0.15, 0.2) is 6.10 Å². The predicted octanol–water partition coefficient (Wildman–Crippen LogP) is -0.752. The van der Waals surface area contributed by atoms with E-state index in [1.807, 2.05) is 0 Å². The smallest absolute Gasteiger partial charge is 0.261 e. The van der Waals surface area contributed by atoms with Gasteiger partial charge in [-0.15, -0.1) is 0 Å². The number of carbonyl (C=O) groups is 2. The predicted molar refractivity (Wildman–Crippen MR) is 81.5 cm³/mol. The summed E-state index contributed by atoms with van der Waals surface area (Å²) in [6, 6.07) is 3.70. The number of benzene rings is 1. The Morgan fingerprint density at radius 1 is 1.42 bits per heavy atom. The van der Waals surface area contributed by atoms with Crippen LogP contribution in [0.15, 0.2) is 29.3 Å². The lowest BCUT2D eigenvalue weighted by molar-refractivity contribution is -0.145. The molecule has 1 unspecified atom stereocenters. The number of hydrogen-bond donors (Lipinski definition) is 1. The van der Waals surface area contributed by atoms with E-state index in [-0.39, 0.29) is 31.0 Å². The van der Waals surface area contributed by atoms with Gasteiger partial charge >= 0.3 is 0 Å². The summed E-state index contributed by atoms with van der Waals surface area (Å²) < 4.78 is 19.6. The van der Waals surface area contributed by atoms with Crippen LogP contribution in [-0.2, 0) is 20.9 Å². The molecule has 2 aromatic rings. The zero-order chi connectivity index (χ0) is 17.3. The van der Waals surface area contributed by atoms with Crippen molar-refractivity contribution in [1.29, 1.82) is 0 Å². The van der Waals surface area contributed by atoms with Gasteiger partial charge < -0.3 is 15.4 Å². The molecule has 1 saturated heterocycles. The third-order valence-electron chi connectivity index (χ3n) is 3.83. The molecule has 0 saturated carbocycles. The number of halogens is 1. The van der Waals surface area contributed by atoms with Crippen molar-refractivity contribution in [2.24, 2.45) is 5.73 Å². The number of fused-ring (bicyclic) bond motifs is 1. The zero-order valence-electron chi connectivity index (χ0n) is 12.6. The summed E-state index contributed by atoms with van der Waals surface area (Å²) in [5.74, 6) is -1.57. The van der Waals surface area contributed by atoms with Gasteiger partial charge in [0, 0.05) is 6.54 Å². The second-order valence-corrected chi connectivity index (χ2v) is 5.44. The minimum Gasteiger partial charge on any atom is -0.367 e. The molecule has 24 heavy (non-hydrogen) atoms. The molecule has 1 atom stereocenters. The van der Waals surface area contributed by atoms with Gasteiger partial charge in [-0.25, -0.2) is 9.37 Å². The van der Waals surface area contributed by atoms with Gasteiger partial charge in [0.2, 0.25) is 11.8 Å². The maximum Gasteiger partial charge on any atom is 0.261 e. The van der Waals surface area contributed by atoms with Gasteiger partial charge in [-0.1, -0.05) is 0 Å². The fourth-order valence-electron chi connectivity index (χ4n) is 2.54. The summed E-state index contributed by atoms with van der Waals surface area (Å²) in [7, 11) is 0. The van der Waals surface area contributed by atoms with Crippen LogP contribution in [0.4, 0.5) is 4.39 Å². The van der Waals surface area contributed by atoms with Gasteiger partial charge in [0.1, 0.15) is 12.4 Å². The Hall–Kier alpha value is -2.81. The van der Waals surface area contributed by atoms with E-state index in [2.05, 4.69) is 4.98 Å². The molecular formula is C15H15FN4O4. The summed E-state index contributed by atoms with van der Waals surface area (Å²) in [6.07, 6.45) is 0.384. The molecule has 0 aliphatic carbocycles. The van der Waals surface area contributed by atoms with Crippen LogP contribution in [-0.4, -0.2) is 52.1 Å². The third-order valence-corrected chi connectivity index (χ3v) is 3.83. The molecule has 9 heteroatoms. The van der Waals surface area contributed by atoms with Crippen molar-refractivity contribution in [3.63, 3.8) is 0 Å². The number of nitrogens with zero attached hydrogens (tertiary/aromatic N) is 3. The standard InChI is InChI=1S/C15H15FN4O4/c16-9-1-2-11-10(5-9)15(23)20(8-18-11)7-13(21)19-3-4-24-12(6-19)14(17)22/h1-2,5,8,12H,3-4,6-7H2,(H2,17,22). The number of primary amides is 1. The fourth-order valence-corrected chi connectivity index (χ4v) is 2.54. The molecule has 1 aromatic carbocycles. The van der Waals surface area contributed by atoms with Crippen molar-refractivity contribution >= 4 is 22.7 Å². The van der Waals surface area contributed by atoms with Crippen LogP contribution in [0.2, 0.25) is 0 Å². The molecule has 8 nitrogen and oxygen atoms in total. The van der Waals surface area contributed by atoms with Crippen LogP contribution in [0.25, 0.3) is 10.9 Å². The summed E-state index contributed by atoms with van der Waals surface area (Å²) in [6.45, 7) is 0.269. The van der Waals surface area contributed by atoms with Crippen LogP contribution in [0.5, 0.6) is 0 Å². The normalized spacial score (nSPS) is 17.9. The van der Waals surface area contributed by atoms with Gasteiger partial charge in [-0.2, -0.15) is 0 Å². The minimum atomic E-state index is -0.858. The molecule has 2 heterocycles. The lowest BCUT2D eigenvalue weighted by Gasteiger charge is -2.31. The topological polar surface area (TPSA) is 108 Å². The Morgan fingerprint density at radius 2 is 2.21 bits per heavy atom. The molecule has 1 aromatic heterocycles. The largest absolute Gasteiger partial charge is 0.367 e. The molecule has 1 aliphatic rings. The van der Waals surface area contributed by atoms with E-state index in [4.69, 9.17) is 10.5 Å². The second-order valence-electron chi connectivity index (χ2n) is 5.44. The summed E-state index contributed by atoms with van der Waals surface area (Å²) in [5.41, 5.74) is 5.03. The Balaban J connectivity index is 1.82. The molecule has 1 aliphatic heterocycles. The number of carbonyl (C=O) groups excluding carboxylic acids is 2. The number of nitrogens with two attached hydrogens (primary N) is 1. The number of morpholine rings is 1. The average molecular weight is 334 g/mol. The summed E-state index contributed by atoms with van der Waals surface area (Å²) >= 11 is 0. The number of aromatic nitrogens is 2. The Labute approximate surface area is 135 Å². The van der Waals surface area contributed by atoms with Crippen molar-refractivity contribution in [2.75, 3.05) is 19.7 Å². The molecule has 0 radical (unpaired) electrons. The maximum absolute atomic E-state index is 13.3. The van der Waals surface area contributed by atoms with Crippen molar-refractivity contribution in [3.8, 4) is 0 Å². The van der Waals surface area contributed by atoms with Crippen molar-refractivity contribution < 1.29 is 18.7 Å². The number of amides is 2. The number of rotatable bonds is 3. The van der Waals surface area contributed by atoms with Crippen LogP contribution in [0, 0.1) is 5.82 Å². The van der Waals surface area contributed by atoms with E-state index in [1.54, 1.807) is 0 Å². The van der Waals surface area contributed by atoms with Crippen LogP contribution in [0.3, 0.4) is 0 Å². The fraction of sp³-hybridized carbons (Fsp3) is 0.333. The summed E-state index contributed by atoms with van der Waals surface area (Å²) in [4.78, 5) is 41.3. The first-order valence-electron chi connectivity index (χ1n) is 7.29. The highest BCUT2D eigenvalue weighted by molar-refractivity contribution is 5.82. The first-order valence-corrected chi connectivity index (χ1v) is 7.29. The highest BCUT2D eigenvalue weighted by Gasteiger charge is 2.27. The first kappa shape index (κ1) is 16.1. The quantitative estimate of drug-likeness (QED) is 0.794. The van der Waals surface area contributed by atoms with Crippen molar-refractivity contribution in [3.05, 3.63) is 40.7 Å². The van der Waals surface area contributed by atoms with E-state index in [1.165, 1.54) is 23.4 Å². The minimum absolute atomic E-state index is 0.0402. The molecule has 0 bridgehead atoms. The van der Waals surface area contributed by atoms with E-state index < -0.39 is 23.4 Å². The molecule has 2 amide bonds. The molecular weight excluding hydrogens is 319 g/mol. The monoisotopic (exact) mass is 334 g/mol. The van der Waals surface area contributed by atoms with Gasteiger partial charge in [-0.3, -0.25) is 19.0 Å². The maximum atomic E-state index is 13.3.